The summed E-state index contributed by atoms with van der Waals surface area (Å²) in [4.78, 5) is 79.7. The van der Waals surface area contributed by atoms with Crippen molar-refractivity contribution in [2.75, 3.05) is 18.2 Å². The quantitative estimate of drug-likeness (QED) is 0.0139. The molecule has 1 fully saturated rings. The first kappa shape index (κ1) is 54.1. The molecule has 0 spiro atoms. The standard InChI is InChI=1S/C54H58N6O12S2/c1-31-26-59(24-23-38(31)35-19-22-40(61)41(62)25-35)27-33-13-11-32(12-14-33)15-18-36-29-73-47-43(46(64)60(47)44(36)48(65)69-28-34-16-20-37(68-10)21-17-34)56-45(63)42(58-72-54(8,9)49(66)70-52(2,3)4)39-30-74-50(55-39)57-51(67)71-53(5,6)7/h11-26,30,43,47H,27-29H2,1-10H3,(H3,55,56,57,62,63,67)/p+1/b18-15-,58-42-/t43-,47-/m1/s1. The van der Waals surface area contributed by atoms with Crippen molar-refractivity contribution >= 4 is 69.9 Å². The predicted octanol–water partition coefficient (Wildman–Crippen LogP) is 8.17. The van der Waals surface area contributed by atoms with Gasteiger partial charge >= 0.3 is 18.0 Å². The number of fused-ring (bicyclic) bond motifs is 1. The monoisotopic (exact) mass is 1050 g/mol. The highest BCUT2D eigenvalue weighted by atomic mass is 32.2. The van der Waals surface area contributed by atoms with Crippen molar-refractivity contribution in [2.24, 2.45) is 5.16 Å². The van der Waals surface area contributed by atoms with E-state index in [9.17, 15) is 34.2 Å². The number of pyridine rings is 1. The van der Waals surface area contributed by atoms with E-state index in [1.165, 1.54) is 48.0 Å². The average molecular weight is 1050 g/mol. The van der Waals surface area contributed by atoms with Gasteiger partial charge in [0, 0.05) is 28.3 Å². The molecule has 1 saturated heterocycles. The van der Waals surface area contributed by atoms with Crippen LogP contribution in [-0.2, 0) is 51.4 Å². The summed E-state index contributed by atoms with van der Waals surface area (Å²) in [5, 5.41) is 29.9. The molecule has 74 heavy (non-hydrogen) atoms. The summed E-state index contributed by atoms with van der Waals surface area (Å²) >= 11 is 2.31. The van der Waals surface area contributed by atoms with Crippen LogP contribution in [0.5, 0.6) is 17.2 Å². The number of anilines is 1. The van der Waals surface area contributed by atoms with Gasteiger partial charge in [-0.15, -0.1) is 23.1 Å². The number of rotatable bonds is 16. The number of amides is 3. The van der Waals surface area contributed by atoms with Crippen molar-refractivity contribution in [3.8, 4) is 28.4 Å². The van der Waals surface area contributed by atoms with Crippen LogP contribution < -0.4 is 19.9 Å². The number of aromatic nitrogens is 2. The molecule has 0 bridgehead atoms. The predicted molar refractivity (Wildman–Crippen MR) is 279 cm³/mol. The van der Waals surface area contributed by atoms with Crippen LogP contribution in [0.1, 0.15) is 83.3 Å². The second-order valence-corrected chi connectivity index (χ2v) is 21.8. The summed E-state index contributed by atoms with van der Waals surface area (Å²) in [6.45, 7) is 15.5. The molecular formula is C54H59N6O12S2+. The normalized spacial score (nSPS) is 16.0. The molecule has 5 aromatic rings. The van der Waals surface area contributed by atoms with Gasteiger partial charge in [0.1, 0.15) is 46.4 Å². The van der Waals surface area contributed by atoms with Crippen LogP contribution in [0.3, 0.4) is 0 Å². The van der Waals surface area contributed by atoms with Crippen LogP contribution in [0.4, 0.5) is 9.93 Å². The van der Waals surface area contributed by atoms with Gasteiger partial charge in [0.2, 0.25) is 5.60 Å². The number of carbonyl (C=O) groups excluding carboxylic acids is 5. The molecule has 0 unspecified atom stereocenters. The van der Waals surface area contributed by atoms with Gasteiger partial charge in [-0.3, -0.25) is 19.8 Å². The number of β-lactam (4-membered cyclic amide) rings is 1. The molecule has 4 N–H and O–H groups in total. The Morgan fingerprint density at radius 3 is 2.23 bits per heavy atom. The van der Waals surface area contributed by atoms with E-state index < -0.39 is 63.8 Å². The lowest BCUT2D eigenvalue weighted by Crippen LogP contribution is -2.71. The first-order valence-electron chi connectivity index (χ1n) is 23.4. The lowest BCUT2D eigenvalue weighted by molar-refractivity contribution is -0.688. The van der Waals surface area contributed by atoms with Crippen molar-refractivity contribution in [2.45, 2.75) is 104 Å². The van der Waals surface area contributed by atoms with Crippen LogP contribution in [0, 0.1) is 6.92 Å². The summed E-state index contributed by atoms with van der Waals surface area (Å²) in [7, 11) is 1.55. The third-order valence-corrected chi connectivity index (χ3v) is 13.2. The highest BCUT2D eigenvalue weighted by Gasteiger charge is 2.54. The number of benzene rings is 3. The number of hydrogen-bond donors (Lipinski definition) is 4. The second kappa shape index (κ2) is 22.2. The summed E-state index contributed by atoms with van der Waals surface area (Å²) in [6.07, 6.45) is 6.80. The SMILES string of the molecule is COc1ccc(COC(=O)C2=C(/C=C\c3ccc(C[n+]4ccc(-c5ccc(O)c(O)c5)c(C)c4)cc3)CS[C@@H]3[C@H](NC(=O)/C(=N\OC(C)(C)C(=O)OC(C)(C)C)c4csc(NC(=O)OC(C)(C)C)n4)C(=O)N23)cc1. The Labute approximate surface area is 437 Å². The van der Waals surface area contributed by atoms with Gasteiger partial charge in [0.15, 0.2) is 41.3 Å². The van der Waals surface area contributed by atoms with Crippen LogP contribution in [0.25, 0.3) is 17.2 Å². The number of nitrogens with zero attached hydrogens (tertiary/aromatic N) is 4. The fraction of sp³-hybridized carbons (Fsp3) is 0.333. The highest BCUT2D eigenvalue weighted by Crippen LogP contribution is 2.41. The molecule has 7 rings (SSSR count). The minimum absolute atomic E-state index is 0.0251. The van der Waals surface area contributed by atoms with E-state index in [0.717, 1.165) is 39.2 Å². The molecule has 3 amide bonds. The van der Waals surface area contributed by atoms with Crippen molar-refractivity contribution in [1.29, 1.82) is 0 Å². The van der Waals surface area contributed by atoms with Gasteiger partial charge in [-0.1, -0.05) is 59.8 Å². The van der Waals surface area contributed by atoms with Gasteiger partial charge in [-0.05, 0) is 114 Å². The maximum atomic E-state index is 14.3. The van der Waals surface area contributed by atoms with Gasteiger partial charge in [0.25, 0.3) is 11.8 Å². The number of hydrogen-bond acceptors (Lipinski definition) is 16. The highest BCUT2D eigenvalue weighted by molar-refractivity contribution is 8.00. The zero-order valence-corrected chi connectivity index (χ0v) is 44.3. The minimum Gasteiger partial charge on any atom is -0.504 e. The van der Waals surface area contributed by atoms with Crippen molar-refractivity contribution in [1.82, 2.24) is 15.2 Å². The van der Waals surface area contributed by atoms with Crippen molar-refractivity contribution in [3.63, 3.8) is 0 Å². The molecule has 0 aliphatic carbocycles. The third-order valence-electron chi connectivity index (χ3n) is 11.2. The van der Waals surface area contributed by atoms with Gasteiger partial charge in [-0.25, -0.2) is 23.9 Å². The average Bonchev–Trinajstić information content (AvgIpc) is 3.79. The molecule has 0 radical (unpaired) electrons. The number of aryl methyl sites for hydroxylation is 1. The number of methoxy groups -OCH3 is 1. The molecular weight excluding hydrogens is 989 g/mol. The Balaban J connectivity index is 1.11. The summed E-state index contributed by atoms with van der Waals surface area (Å²) in [6, 6.07) is 20.5. The van der Waals surface area contributed by atoms with Crippen LogP contribution >= 0.6 is 23.1 Å². The van der Waals surface area contributed by atoms with E-state index in [-0.39, 0.29) is 40.4 Å². The Bertz CT molecular complexity index is 3040. The lowest BCUT2D eigenvalue weighted by Gasteiger charge is -2.49. The molecule has 18 nitrogen and oxygen atoms in total. The first-order chi connectivity index (χ1) is 34.9. The summed E-state index contributed by atoms with van der Waals surface area (Å²) < 4.78 is 24.0. The maximum absolute atomic E-state index is 14.3. The zero-order valence-electron chi connectivity index (χ0n) is 42.7. The fourth-order valence-corrected chi connectivity index (χ4v) is 9.46. The number of nitrogens with one attached hydrogen (secondary N) is 2. The number of thioether (sulfide) groups is 1. The molecule has 3 aromatic carbocycles. The molecule has 2 aromatic heterocycles. The minimum atomic E-state index is -1.68. The lowest BCUT2D eigenvalue weighted by atomic mass is 10.0. The number of phenolic OH excluding ortho intramolecular Hbond substituents is 2. The Kier molecular flexibility index (Phi) is 16.2. The number of thiazole rings is 1. The largest absolute Gasteiger partial charge is 0.504 e. The molecule has 2 aliphatic heterocycles. The van der Waals surface area contributed by atoms with Crippen molar-refractivity contribution in [3.05, 3.63) is 136 Å². The Morgan fingerprint density at radius 1 is 0.892 bits per heavy atom. The molecule has 20 heteroatoms. The molecule has 4 heterocycles. The van der Waals surface area contributed by atoms with Gasteiger partial charge in [0.05, 0.1) is 7.11 Å². The number of oxime groups is 1. The van der Waals surface area contributed by atoms with Crippen LogP contribution in [-0.4, -0.2) is 96.7 Å². The molecule has 388 valence electrons. The topological polar surface area (TPSA) is 228 Å². The van der Waals surface area contributed by atoms with E-state index in [2.05, 4.69) is 20.8 Å². The van der Waals surface area contributed by atoms with Crippen molar-refractivity contribution < 1.29 is 62.5 Å². The number of phenols is 2. The number of carbonyl (C=O) groups is 5. The van der Waals surface area contributed by atoms with Gasteiger partial charge < -0.3 is 39.3 Å². The maximum Gasteiger partial charge on any atom is 0.413 e. The first-order valence-corrected chi connectivity index (χ1v) is 25.3. The van der Waals surface area contributed by atoms with E-state index in [1.807, 2.05) is 60.3 Å². The summed E-state index contributed by atoms with van der Waals surface area (Å²) in [5.74, 6) is -2.46. The van der Waals surface area contributed by atoms with E-state index >= 15 is 0 Å². The van der Waals surface area contributed by atoms with Crippen LogP contribution in [0.2, 0.25) is 0 Å². The number of aromatic hydroxyl groups is 2. The molecule has 2 atom stereocenters. The number of ether oxygens (including phenoxy) is 4. The smallest absolute Gasteiger partial charge is 0.413 e. The summed E-state index contributed by atoms with van der Waals surface area (Å²) in [5.41, 5.74) is 1.99. The number of esters is 2. The van der Waals surface area contributed by atoms with E-state index in [4.69, 9.17) is 23.8 Å². The molecule has 0 saturated carbocycles. The Hall–Kier alpha value is -7.71. The van der Waals surface area contributed by atoms with Gasteiger partial charge in [-0.2, -0.15) is 0 Å². The second-order valence-electron chi connectivity index (χ2n) is 19.9. The fourth-order valence-electron chi connectivity index (χ4n) is 7.46. The van der Waals surface area contributed by atoms with E-state index in [0.29, 0.717) is 23.4 Å². The zero-order chi connectivity index (χ0) is 53.7. The number of allylic oxidation sites excluding steroid dienone is 1. The van der Waals surface area contributed by atoms with Crippen LogP contribution in [0.15, 0.2) is 113 Å². The van der Waals surface area contributed by atoms with E-state index in [1.54, 1.807) is 85.1 Å². The Morgan fingerprint density at radius 2 is 1.58 bits per heavy atom. The molecule has 2 aliphatic rings. The third kappa shape index (κ3) is 13.5.